The molecule has 0 saturated carbocycles. The number of aryl methyl sites for hydroxylation is 3. The van der Waals surface area contributed by atoms with Crippen molar-refractivity contribution in [3.8, 4) is 11.5 Å². The lowest BCUT2D eigenvalue weighted by Crippen LogP contribution is -2.28. The predicted molar refractivity (Wildman–Crippen MR) is 139 cm³/mol. The molecule has 0 fully saturated rings. The third kappa shape index (κ3) is 5.48. The number of nitrogens with one attached hydrogen (secondary N) is 1. The Bertz CT molecular complexity index is 1330. The molecule has 0 atom stereocenters. The average molecular weight is 472 g/mol. The molecule has 6 heteroatoms. The van der Waals surface area contributed by atoms with Crippen LogP contribution in [0.1, 0.15) is 33.6 Å². The fourth-order valence-corrected chi connectivity index (χ4v) is 4.66. The maximum absolute atomic E-state index is 12.6. The summed E-state index contributed by atoms with van der Waals surface area (Å²) in [5, 5.41) is 3.05. The van der Waals surface area contributed by atoms with Gasteiger partial charge in [-0.05, 0) is 67.3 Å². The largest absolute Gasteiger partial charge is 0.493 e. The molecule has 35 heavy (non-hydrogen) atoms. The molecular weight excluding hydrogens is 438 g/mol. The minimum Gasteiger partial charge on any atom is -0.493 e. The van der Waals surface area contributed by atoms with Crippen molar-refractivity contribution in [2.75, 3.05) is 20.8 Å². The first-order valence-corrected chi connectivity index (χ1v) is 11.9. The predicted octanol–water partition coefficient (Wildman–Crippen LogP) is 4.93. The maximum Gasteiger partial charge on any atom is 0.224 e. The fraction of sp³-hybridized carbons (Fsp3) is 0.310. The second kappa shape index (κ2) is 10.6. The Balaban J connectivity index is 1.48. The topological polar surface area (TPSA) is 65.4 Å². The standard InChI is InChI=1S/C29H33N3O3/c1-19-14-20(2)23(21(3)15-19)18-32-25-9-7-6-8-24(25)31-28(32)12-13-30-29(33)17-22-10-11-26(34-4)27(16-22)35-5/h6-11,14-16H,12-13,17-18H2,1-5H3,(H,30,33). The zero-order valence-electron chi connectivity index (χ0n) is 21.1. The van der Waals surface area contributed by atoms with E-state index in [2.05, 4.69) is 48.9 Å². The van der Waals surface area contributed by atoms with Gasteiger partial charge in [-0.25, -0.2) is 4.98 Å². The zero-order valence-corrected chi connectivity index (χ0v) is 21.1. The van der Waals surface area contributed by atoms with Crippen LogP contribution in [0, 0.1) is 20.8 Å². The van der Waals surface area contributed by atoms with Gasteiger partial charge in [0.15, 0.2) is 11.5 Å². The summed E-state index contributed by atoms with van der Waals surface area (Å²) in [6, 6.07) is 18.2. The van der Waals surface area contributed by atoms with E-state index in [1.54, 1.807) is 14.2 Å². The lowest BCUT2D eigenvalue weighted by molar-refractivity contribution is -0.120. The van der Waals surface area contributed by atoms with Crippen LogP contribution in [0.3, 0.4) is 0 Å². The van der Waals surface area contributed by atoms with Gasteiger partial charge in [-0.15, -0.1) is 0 Å². The van der Waals surface area contributed by atoms with Gasteiger partial charge in [0.2, 0.25) is 5.91 Å². The van der Waals surface area contributed by atoms with Crippen molar-refractivity contribution in [1.29, 1.82) is 0 Å². The second-order valence-corrected chi connectivity index (χ2v) is 8.95. The van der Waals surface area contributed by atoms with E-state index in [9.17, 15) is 4.79 Å². The molecule has 0 spiro atoms. The number of imidazole rings is 1. The first-order chi connectivity index (χ1) is 16.9. The van der Waals surface area contributed by atoms with Gasteiger partial charge in [-0.3, -0.25) is 4.79 Å². The van der Waals surface area contributed by atoms with Crippen LogP contribution < -0.4 is 14.8 Å². The monoisotopic (exact) mass is 471 g/mol. The van der Waals surface area contributed by atoms with Crippen LogP contribution in [-0.2, 0) is 24.2 Å². The number of aromatic nitrogens is 2. The summed E-state index contributed by atoms with van der Waals surface area (Å²) >= 11 is 0. The molecule has 1 N–H and O–H groups in total. The van der Waals surface area contributed by atoms with Crippen LogP contribution in [0.4, 0.5) is 0 Å². The molecule has 1 amide bonds. The number of ether oxygens (including phenoxy) is 2. The van der Waals surface area contributed by atoms with Crippen LogP contribution in [0.25, 0.3) is 11.0 Å². The Morgan fingerprint density at radius 3 is 2.37 bits per heavy atom. The number of nitrogens with zero attached hydrogens (tertiary/aromatic N) is 2. The van der Waals surface area contributed by atoms with Gasteiger partial charge in [0.25, 0.3) is 0 Å². The highest BCUT2D eigenvalue weighted by Gasteiger charge is 2.14. The van der Waals surface area contributed by atoms with Gasteiger partial charge < -0.3 is 19.4 Å². The summed E-state index contributed by atoms with van der Waals surface area (Å²) in [5.41, 5.74) is 8.12. The Morgan fingerprint density at radius 2 is 1.66 bits per heavy atom. The first-order valence-electron chi connectivity index (χ1n) is 11.9. The van der Waals surface area contributed by atoms with E-state index in [0.29, 0.717) is 24.5 Å². The van der Waals surface area contributed by atoms with Gasteiger partial charge in [0, 0.05) is 19.5 Å². The molecule has 6 nitrogen and oxygen atoms in total. The molecule has 0 aliphatic carbocycles. The summed E-state index contributed by atoms with van der Waals surface area (Å²) in [7, 11) is 3.19. The highest BCUT2D eigenvalue weighted by molar-refractivity contribution is 5.79. The van der Waals surface area contributed by atoms with Crippen molar-refractivity contribution in [2.24, 2.45) is 0 Å². The van der Waals surface area contributed by atoms with Crippen molar-refractivity contribution in [3.63, 3.8) is 0 Å². The minimum absolute atomic E-state index is 0.0369. The van der Waals surface area contributed by atoms with E-state index in [1.807, 2.05) is 36.4 Å². The lowest BCUT2D eigenvalue weighted by atomic mass is 9.99. The number of rotatable bonds is 9. The number of benzene rings is 3. The zero-order chi connectivity index (χ0) is 24.9. The number of methoxy groups -OCH3 is 2. The second-order valence-electron chi connectivity index (χ2n) is 8.95. The Hall–Kier alpha value is -3.80. The van der Waals surface area contributed by atoms with E-state index >= 15 is 0 Å². The number of hydrogen-bond acceptors (Lipinski definition) is 4. The normalized spacial score (nSPS) is 11.0. The summed E-state index contributed by atoms with van der Waals surface area (Å²) in [6.45, 7) is 7.74. The molecule has 0 saturated heterocycles. The summed E-state index contributed by atoms with van der Waals surface area (Å²) in [4.78, 5) is 17.5. The van der Waals surface area contributed by atoms with Crippen LogP contribution in [0.15, 0.2) is 54.6 Å². The summed E-state index contributed by atoms with van der Waals surface area (Å²) < 4.78 is 12.9. The van der Waals surface area contributed by atoms with Crippen LogP contribution >= 0.6 is 0 Å². The molecular formula is C29H33N3O3. The number of hydrogen-bond donors (Lipinski definition) is 1. The third-order valence-electron chi connectivity index (χ3n) is 6.37. The van der Waals surface area contributed by atoms with Gasteiger partial charge in [0.05, 0.1) is 31.7 Å². The number of fused-ring (bicyclic) bond motifs is 1. The molecule has 4 aromatic rings. The molecule has 182 valence electrons. The maximum atomic E-state index is 12.6. The molecule has 3 aromatic carbocycles. The van der Waals surface area contributed by atoms with Gasteiger partial charge in [-0.1, -0.05) is 35.9 Å². The molecule has 0 aliphatic heterocycles. The molecule has 1 aromatic heterocycles. The third-order valence-corrected chi connectivity index (χ3v) is 6.37. The van der Waals surface area contributed by atoms with E-state index in [4.69, 9.17) is 14.5 Å². The van der Waals surface area contributed by atoms with Crippen molar-refractivity contribution in [2.45, 2.75) is 40.2 Å². The van der Waals surface area contributed by atoms with Crippen molar-refractivity contribution >= 4 is 16.9 Å². The van der Waals surface area contributed by atoms with Crippen molar-refractivity contribution in [1.82, 2.24) is 14.9 Å². The smallest absolute Gasteiger partial charge is 0.224 e. The number of para-hydroxylation sites is 2. The number of amides is 1. The quantitative estimate of drug-likeness (QED) is 0.376. The Kier molecular flexibility index (Phi) is 7.39. The molecule has 4 rings (SSSR count). The lowest BCUT2D eigenvalue weighted by Gasteiger charge is -2.15. The van der Waals surface area contributed by atoms with Gasteiger partial charge >= 0.3 is 0 Å². The Morgan fingerprint density at radius 1 is 0.943 bits per heavy atom. The van der Waals surface area contributed by atoms with E-state index in [1.165, 1.54) is 22.3 Å². The van der Waals surface area contributed by atoms with Crippen LogP contribution in [0.2, 0.25) is 0 Å². The molecule has 0 bridgehead atoms. The molecule has 1 heterocycles. The van der Waals surface area contributed by atoms with Crippen LogP contribution in [0.5, 0.6) is 11.5 Å². The molecule has 0 aliphatic rings. The molecule has 0 unspecified atom stereocenters. The fourth-order valence-electron chi connectivity index (χ4n) is 4.66. The van der Waals surface area contributed by atoms with Crippen molar-refractivity contribution < 1.29 is 14.3 Å². The number of carbonyl (C=O) groups excluding carboxylic acids is 1. The first kappa shape index (κ1) is 24.3. The number of carbonyl (C=O) groups is 1. The van der Waals surface area contributed by atoms with Crippen LogP contribution in [-0.4, -0.2) is 36.2 Å². The van der Waals surface area contributed by atoms with Gasteiger partial charge in [-0.2, -0.15) is 0 Å². The van der Waals surface area contributed by atoms with E-state index in [0.717, 1.165) is 29.0 Å². The SMILES string of the molecule is COc1ccc(CC(=O)NCCc2nc3ccccc3n2Cc2c(C)cc(C)cc2C)cc1OC. The van der Waals surface area contributed by atoms with Gasteiger partial charge in [0.1, 0.15) is 5.82 Å². The van der Waals surface area contributed by atoms with E-state index in [-0.39, 0.29) is 12.3 Å². The summed E-state index contributed by atoms with van der Waals surface area (Å²) in [5.74, 6) is 2.20. The summed E-state index contributed by atoms with van der Waals surface area (Å²) in [6.07, 6.45) is 0.925. The minimum atomic E-state index is -0.0369. The average Bonchev–Trinajstić information content (AvgIpc) is 3.18. The van der Waals surface area contributed by atoms with E-state index < -0.39 is 0 Å². The Labute approximate surface area is 206 Å². The molecule has 0 radical (unpaired) electrons. The highest BCUT2D eigenvalue weighted by Crippen LogP contribution is 2.27. The highest BCUT2D eigenvalue weighted by atomic mass is 16.5. The van der Waals surface area contributed by atoms with Crippen molar-refractivity contribution in [3.05, 3.63) is 88.2 Å².